The van der Waals surface area contributed by atoms with E-state index in [0.717, 1.165) is 11.4 Å². The zero-order valence-corrected chi connectivity index (χ0v) is 13.0. The second-order valence-corrected chi connectivity index (χ2v) is 5.73. The van der Waals surface area contributed by atoms with Crippen LogP contribution < -0.4 is 10.6 Å². The van der Waals surface area contributed by atoms with Crippen molar-refractivity contribution in [3.05, 3.63) is 48.5 Å². The molecule has 0 spiro atoms. The summed E-state index contributed by atoms with van der Waals surface area (Å²) in [5, 5.41) is 5.98. The van der Waals surface area contributed by atoms with Crippen LogP contribution >= 0.6 is 0 Å². The van der Waals surface area contributed by atoms with Gasteiger partial charge in [0.1, 0.15) is 11.9 Å². The van der Waals surface area contributed by atoms with Crippen LogP contribution in [-0.4, -0.2) is 21.7 Å². The molecule has 1 heterocycles. The minimum Gasteiger partial charge on any atom is -0.444 e. The molecule has 0 bridgehead atoms. The Bertz CT molecular complexity index is 624. The van der Waals surface area contributed by atoms with Crippen molar-refractivity contribution in [3.63, 3.8) is 0 Å². The molecule has 0 saturated carbocycles. The number of benzene rings is 1. The van der Waals surface area contributed by atoms with Gasteiger partial charge in [-0.25, -0.2) is 14.8 Å². The normalized spacial score (nSPS) is 10.9. The summed E-state index contributed by atoms with van der Waals surface area (Å²) in [6.45, 7) is 6.01. The van der Waals surface area contributed by atoms with E-state index in [1.165, 1.54) is 6.33 Å². The molecule has 0 radical (unpaired) electrons. The van der Waals surface area contributed by atoms with Crippen molar-refractivity contribution in [2.75, 3.05) is 10.6 Å². The standard InChI is InChI=1S/C16H20N4O2/c1-16(2,3)22-15(21)20-14-7-5-4-6-13(14)18-10-12-8-9-17-11-19-12/h4-9,11,18H,10H2,1-3H3,(H,20,21). The molecule has 0 saturated heterocycles. The highest BCUT2D eigenvalue weighted by atomic mass is 16.6. The third-order valence-electron chi connectivity index (χ3n) is 2.67. The van der Waals surface area contributed by atoms with Gasteiger partial charge < -0.3 is 10.1 Å². The van der Waals surface area contributed by atoms with E-state index in [1.54, 1.807) is 6.20 Å². The molecule has 2 aromatic rings. The highest BCUT2D eigenvalue weighted by molar-refractivity contribution is 5.89. The molecule has 6 nitrogen and oxygen atoms in total. The van der Waals surface area contributed by atoms with Crippen molar-refractivity contribution >= 4 is 17.5 Å². The fraction of sp³-hybridized carbons (Fsp3) is 0.312. The van der Waals surface area contributed by atoms with Gasteiger partial charge in [-0.15, -0.1) is 0 Å². The van der Waals surface area contributed by atoms with E-state index in [9.17, 15) is 4.79 Å². The average Bonchev–Trinajstić information content (AvgIpc) is 2.45. The van der Waals surface area contributed by atoms with Crippen LogP contribution in [0.25, 0.3) is 0 Å². The second-order valence-electron chi connectivity index (χ2n) is 5.73. The van der Waals surface area contributed by atoms with Gasteiger partial charge in [0.05, 0.1) is 23.6 Å². The summed E-state index contributed by atoms with van der Waals surface area (Å²) >= 11 is 0. The third kappa shape index (κ3) is 5.05. The molecule has 0 aliphatic rings. The molecule has 0 aliphatic heterocycles. The molecular weight excluding hydrogens is 280 g/mol. The van der Waals surface area contributed by atoms with E-state index >= 15 is 0 Å². The number of hydrogen-bond donors (Lipinski definition) is 2. The van der Waals surface area contributed by atoms with Crippen LogP contribution in [0, 0.1) is 0 Å². The molecule has 22 heavy (non-hydrogen) atoms. The summed E-state index contributed by atoms with van der Waals surface area (Å²) in [6, 6.07) is 9.27. The number of nitrogens with one attached hydrogen (secondary N) is 2. The van der Waals surface area contributed by atoms with E-state index in [2.05, 4.69) is 20.6 Å². The van der Waals surface area contributed by atoms with E-state index < -0.39 is 11.7 Å². The Morgan fingerprint density at radius 3 is 2.55 bits per heavy atom. The molecule has 0 aliphatic carbocycles. The zero-order valence-electron chi connectivity index (χ0n) is 13.0. The maximum absolute atomic E-state index is 11.9. The highest BCUT2D eigenvalue weighted by Crippen LogP contribution is 2.22. The van der Waals surface area contributed by atoms with Crippen molar-refractivity contribution in [2.45, 2.75) is 32.9 Å². The summed E-state index contributed by atoms with van der Waals surface area (Å²) in [5.74, 6) is 0. The molecule has 0 unspecified atom stereocenters. The van der Waals surface area contributed by atoms with E-state index in [4.69, 9.17) is 4.74 Å². The van der Waals surface area contributed by atoms with Crippen molar-refractivity contribution in [1.29, 1.82) is 0 Å². The van der Waals surface area contributed by atoms with Crippen LogP contribution in [0.4, 0.5) is 16.2 Å². The predicted octanol–water partition coefficient (Wildman–Crippen LogP) is 3.44. The second kappa shape index (κ2) is 6.89. The number of rotatable bonds is 4. The fourth-order valence-corrected chi connectivity index (χ4v) is 1.77. The number of anilines is 2. The van der Waals surface area contributed by atoms with E-state index in [-0.39, 0.29) is 0 Å². The first-order valence-electron chi connectivity index (χ1n) is 7.02. The Labute approximate surface area is 129 Å². The first-order chi connectivity index (χ1) is 10.4. The lowest BCUT2D eigenvalue weighted by Crippen LogP contribution is -2.27. The summed E-state index contributed by atoms with van der Waals surface area (Å²) < 4.78 is 5.26. The Hall–Kier alpha value is -2.63. The number of carbonyl (C=O) groups is 1. The molecule has 0 fully saturated rings. The topological polar surface area (TPSA) is 76.1 Å². The van der Waals surface area contributed by atoms with Crippen LogP contribution in [-0.2, 0) is 11.3 Å². The van der Waals surface area contributed by atoms with Gasteiger partial charge in [0, 0.05) is 6.20 Å². The molecule has 2 rings (SSSR count). The summed E-state index contributed by atoms with van der Waals surface area (Å²) in [6.07, 6.45) is 2.71. The predicted molar refractivity (Wildman–Crippen MR) is 85.7 cm³/mol. The Kier molecular flexibility index (Phi) is 4.93. The molecule has 116 valence electrons. The van der Waals surface area contributed by atoms with Crippen LogP contribution in [0.1, 0.15) is 26.5 Å². The first-order valence-corrected chi connectivity index (χ1v) is 7.02. The lowest BCUT2D eigenvalue weighted by molar-refractivity contribution is 0.0636. The average molecular weight is 300 g/mol. The third-order valence-corrected chi connectivity index (χ3v) is 2.67. The summed E-state index contributed by atoms with van der Waals surface area (Å²) in [7, 11) is 0. The Balaban J connectivity index is 2.02. The maximum Gasteiger partial charge on any atom is 0.412 e. The van der Waals surface area contributed by atoms with Gasteiger partial charge in [-0.05, 0) is 39.0 Å². The molecule has 1 aromatic carbocycles. The molecule has 0 atom stereocenters. The summed E-state index contributed by atoms with van der Waals surface area (Å²) in [5.41, 5.74) is 1.78. The molecule has 6 heteroatoms. The Morgan fingerprint density at radius 1 is 1.18 bits per heavy atom. The van der Waals surface area contributed by atoms with E-state index in [1.807, 2.05) is 51.1 Å². The molecule has 1 aromatic heterocycles. The largest absolute Gasteiger partial charge is 0.444 e. The van der Waals surface area contributed by atoms with Crippen LogP contribution in [0.5, 0.6) is 0 Å². The van der Waals surface area contributed by atoms with Gasteiger partial charge >= 0.3 is 6.09 Å². The van der Waals surface area contributed by atoms with Gasteiger partial charge in [0.2, 0.25) is 0 Å². The van der Waals surface area contributed by atoms with Crippen molar-refractivity contribution in [2.24, 2.45) is 0 Å². The van der Waals surface area contributed by atoms with Crippen LogP contribution in [0.15, 0.2) is 42.9 Å². The lowest BCUT2D eigenvalue weighted by Gasteiger charge is -2.20. The van der Waals surface area contributed by atoms with Crippen molar-refractivity contribution in [3.8, 4) is 0 Å². The zero-order chi connectivity index (χ0) is 16.0. The molecular formula is C16H20N4O2. The van der Waals surface area contributed by atoms with Crippen molar-refractivity contribution in [1.82, 2.24) is 9.97 Å². The van der Waals surface area contributed by atoms with Crippen LogP contribution in [0.2, 0.25) is 0 Å². The quantitative estimate of drug-likeness (QED) is 0.904. The van der Waals surface area contributed by atoms with E-state index in [0.29, 0.717) is 12.2 Å². The minimum absolute atomic E-state index is 0.483. The van der Waals surface area contributed by atoms with Crippen molar-refractivity contribution < 1.29 is 9.53 Å². The smallest absolute Gasteiger partial charge is 0.412 e. The number of ether oxygens (including phenoxy) is 1. The number of para-hydroxylation sites is 2. The number of nitrogens with zero attached hydrogens (tertiary/aromatic N) is 2. The summed E-state index contributed by atoms with van der Waals surface area (Å²) in [4.78, 5) is 19.9. The minimum atomic E-state index is -0.534. The van der Waals surface area contributed by atoms with Gasteiger partial charge in [-0.2, -0.15) is 0 Å². The number of carbonyl (C=O) groups excluding carboxylic acids is 1. The first kappa shape index (κ1) is 15.8. The number of aromatic nitrogens is 2. The van der Waals surface area contributed by atoms with Gasteiger partial charge in [0.15, 0.2) is 0 Å². The number of amides is 1. The Morgan fingerprint density at radius 2 is 1.91 bits per heavy atom. The molecule has 1 amide bonds. The SMILES string of the molecule is CC(C)(C)OC(=O)Nc1ccccc1NCc1ccncn1. The molecule has 2 N–H and O–H groups in total. The highest BCUT2D eigenvalue weighted by Gasteiger charge is 2.17. The monoisotopic (exact) mass is 300 g/mol. The maximum atomic E-state index is 11.9. The van der Waals surface area contributed by atoms with Gasteiger partial charge in [-0.1, -0.05) is 12.1 Å². The number of hydrogen-bond acceptors (Lipinski definition) is 5. The fourth-order valence-electron chi connectivity index (χ4n) is 1.77. The lowest BCUT2D eigenvalue weighted by atomic mass is 10.2. The van der Waals surface area contributed by atoms with Gasteiger partial charge in [-0.3, -0.25) is 5.32 Å². The van der Waals surface area contributed by atoms with Crippen LogP contribution in [0.3, 0.4) is 0 Å². The van der Waals surface area contributed by atoms with Gasteiger partial charge in [0.25, 0.3) is 0 Å².